The average Bonchev–Trinajstić information content (AvgIpc) is 2.97. The number of rotatable bonds is 5. The van der Waals surface area contributed by atoms with Gasteiger partial charge >= 0.3 is 0 Å². The molecule has 96 valence electrons. The average molecular weight is 330 g/mol. The zero-order valence-corrected chi connectivity index (χ0v) is 11.9. The van der Waals surface area contributed by atoms with Crippen molar-refractivity contribution in [3.63, 3.8) is 0 Å². The van der Waals surface area contributed by atoms with Crippen LogP contribution in [0.2, 0.25) is 0 Å². The van der Waals surface area contributed by atoms with Gasteiger partial charge in [0.2, 0.25) is 5.91 Å². The summed E-state index contributed by atoms with van der Waals surface area (Å²) < 4.78 is 2.81. The Balaban J connectivity index is 1.94. The first-order valence-electron chi connectivity index (χ1n) is 5.26. The van der Waals surface area contributed by atoms with Crippen molar-refractivity contribution >= 4 is 33.2 Å². The van der Waals surface area contributed by atoms with Gasteiger partial charge in [0.1, 0.15) is 5.69 Å². The molecule has 6 nitrogen and oxygen atoms in total. The van der Waals surface area contributed by atoms with Crippen LogP contribution < -0.4 is 11.1 Å². The molecule has 0 unspecified atom stereocenters. The van der Waals surface area contributed by atoms with Gasteiger partial charge in [0.25, 0.3) is 0 Å². The maximum atomic E-state index is 11.0. The summed E-state index contributed by atoms with van der Waals surface area (Å²) in [5.74, 6) is -0.203. The number of nitrogens with zero attached hydrogens (tertiary/aromatic N) is 3. The van der Waals surface area contributed by atoms with Gasteiger partial charge in [0.05, 0.1) is 25.8 Å². The summed E-state index contributed by atoms with van der Waals surface area (Å²) in [6, 6.07) is 2.00. The lowest BCUT2D eigenvalue weighted by molar-refractivity contribution is -0.119. The molecule has 0 aliphatic heterocycles. The molecule has 0 spiro atoms. The van der Waals surface area contributed by atoms with Crippen LogP contribution in [0.25, 0.3) is 0 Å². The van der Waals surface area contributed by atoms with Crippen LogP contribution in [0.1, 0.15) is 10.6 Å². The zero-order chi connectivity index (χ0) is 13.0. The predicted octanol–water partition coefficient (Wildman–Crippen LogP) is 0.725. The molecule has 8 heteroatoms. The number of thiophene rings is 1. The second-order valence-corrected chi connectivity index (χ2v) is 5.44. The second-order valence-electron chi connectivity index (χ2n) is 3.58. The molecule has 2 heterocycles. The molecule has 18 heavy (non-hydrogen) atoms. The summed E-state index contributed by atoms with van der Waals surface area (Å²) in [4.78, 5) is 12.2. The molecule has 3 N–H and O–H groups in total. The first-order valence-corrected chi connectivity index (χ1v) is 6.94. The summed E-state index contributed by atoms with van der Waals surface area (Å²) in [6.07, 6.45) is 1.81. The lowest BCUT2D eigenvalue weighted by Gasteiger charge is -1.99. The SMILES string of the molecule is NCC(=O)NCc1cn(Cc2sccc2Br)nn1. The van der Waals surface area contributed by atoms with Crippen LogP contribution in [0.5, 0.6) is 0 Å². The highest BCUT2D eigenvalue weighted by atomic mass is 79.9. The quantitative estimate of drug-likeness (QED) is 0.846. The van der Waals surface area contributed by atoms with Gasteiger partial charge < -0.3 is 11.1 Å². The minimum Gasteiger partial charge on any atom is -0.349 e. The van der Waals surface area contributed by atoms with Crippen molar-refractivity contribution in [1.29, 1.82) is 0 Å². The summed E-state index contributed by atoms with van der Waals surface area (Å²) in [7, 11) is 0. The Morgan fingerprint density at radius 2 is 2.44 bits per heavy atom. The normalized spacial score (nSPS) is 10.6. The van der Waals surface area contributed by atoms with Gasteiger partial charge in [-0.05, 0) is 27.4 Å². The summed E-state index contributed by atoms with van der Waals surface area (Å²) >= 11 is 5.12. The minimum absolute atomic E-state index is 0.0176. The third-order valence-electron chi connectivity index (χ3n) is 2.23. The second kappa shape index (κ2) is 6.07. The van der Waals surface area contributed by atoms with E-state index >= 15 is 0 Å². The molecule has 0 saturated heterocycles. The summed E-state index contributed by atoms with van der Waals surface area (Å²) in [6.45, 7) is 0.994. The molecule has 0 bridgehead atoms. The summed E-state index contributed by atoms with van der Waals surface area (Å²) in [5, 5.41) is 12.6. The Morgan fingerprint density at radius 3 is 3.11 bits per heavy atom. The van der Waals surface area contributed by atoms with E-state index in [-0.39, 0.29) is 12.5 Å². The number of nitrogens with two attached hydrogens (primary N) is 1. The van der Waals surface area contributed by atoms with Gasteiger partial charge in [-0.1, -0.05) is 5.21 Å². The fourth-order valence-corrected chi connectivity index (χ4v) is 2.81. The van der Waals surface area contributed by atoms with Gasteiger partial charge in [-0.15, -0.1) is 16.4 Å². The van der Waals surface area contributed by atoms with Crippen molar-refractivity contribution in [2.45, 2.75) is 13.1 Å². The van der Waals surface area contributed by atoms with Gasteiger partial charge in [-0.2, -0.15) is 0 Å². The van der Waals surface area contributed by atoms with Crippen LogP contribution >= 0.6 is 27.3 Å². The summed E-state index contributed by atoms with van der Waals surface area (Å²) in [5.41, 5.74) is 5.90. The van der Waals surface area contributed by atoms with E-state index in [1.54, 1.807) is 16.0 Å². The van der Waals surface area contributed by atoms with Gasteiger partial charge in [0.15, 0.2) is 0 Å². The van der Waals surface area contributed by atoms with Crippen molar-refractivity contribution in [2.24, 2.45) is 5.73 Å². The molecule has 2 rings (SSSR count). The Morgan fingerprint density at radius 1 is 1.61 bits per heavy atom. The van der Waals surface area contributed by atoms with E-state index in [1.807, 2.05) is 17.6 Å². The van der Waals surface area contributed by atoms with E-state index in [9.17, 15) is 4.79 Å². The smallest absolute Gasteiger partial charge is 0.234 e. The number of hydrogen-bond acceptors (Lipinski definition) is 5. The Hall–Kier alpha value is -1.25. The Labute approximate surface area is 116 Å². The highest BCUT2D eigenvalue weighted by molar-refractivity contribution is 9.10. The van der Waals surface area contributed by atoms with E-state index in [2.05, 4.69) is 31.6 Å². The zero-order valence-electron chi connectivity index (χ0n) is 9.47. The maximum absolute atomic E-state index is 11.0. The lowest BCUT2D eigenvalue weighted by Crippen LogP contribution is -2.29. The van der Waals surface area contributed by atoms with E-state index in [4.69, 9.17) is 5.73 Å². The van der Waals surface area contributed by atoms with Gasteiger partial charge in [-0.25, -0.2) is 4.68 Å². The molecule has 2 aromatic heterocycles. The van der Waals surface area contributed by atoms with Crippen LogP contribution in [0.4, 0.5) is 0 Å². The molecular formula is C10H12BrN5OS. The van der Waals surface area contributed by atoms with Crippen LogP contribution in [-0.2, 0) is 17.9 Å². The fourth-order valence-electron chi connectivity index (χ4n) is 1.34. The van der Waals surface area contributed by atoms with E-state index in [0.29, 0.717) is 18.8 Å². The standard InChI is InChI=1S/C10H12BrN5OS/c11-8-1-2-18-9(8)6-16-5-7(14-15-16)4-13-10(17)3-12/h1-2,5H,3-4,6,12H2,(H,13,17). The van der Waals surface area contributed by atoms with Crippen LogP contribution in [0, 0.1) is 0 Å². The first-order chi connectivity index (χ1) is 8.69. The Bertz CT molecular complexity index is 538. The first kappa shape index (κ1) is 13.2. The van der Waals surface area contributed by atoms with E-state index in [1.165, 1.54) is 4.88 Å². The number of hydrogen-bond donors (Lipinski definition) is 2. The number of carbonyl (C=O) groups excluding carboxylic acids is 1. The van der Waals surface area contributed by atoms with Crippen molar-refractivity contribution in [1.82, 2.24) is 20.3 Å². The predicted molar refractivity (Wildman–Crippen MR) is 72.0 cm³/mol. The molecule has 0 aliphatic carbocycles. The van der Waals surface area contributed by atoms with Crippen molar-refractivity contribution in [2.75, 3.05) is 6.54 Å². The third kappa shape index (κ3) is 3.37. The molecular weight excluding hydrogens is 318 g/mol. The highest BCUT2D eigenvalue weighted by Crippen LogP contribution is 2.23. The lowest BCUT2D eigenvalue weighted by atomic mass is 10.4. The van der Waals surface area contributed by atoms with Crippen molar-refractivity contribution in [3.05, 3.63) is 32.7 Å². The number of carbonyl (C=O) groups is 1. The van der Waals surface area contributed by atoms with Crippen LogP contribution in [0.3, 0.4) is 0 Å². The molecule has 0 saturated carbocycles. The number of amides is 1. The number of nitrogens with one attached hydrogen (secondary N) is 1. The Kier molecular flexibility index (Phi) is 4.45. The molecule has 1 amide bonds. The molecule has 0 aliphatic rings. The largest absolute Gasteiger partial charge is 0.349 e. The minimum atomic E-state index is -0.203. The fraction of sp³-hybridized carbons (Fsp3) is 0.300. The number of halogens is 1. The highest BCUT2D eigenvalue weighted by Gasteiger charge is 2.06. The molecule has 2 aromatic rings. The third-order valence-corrected chi connectivity index (χ3v) is 4.15. The van der Waals surface area contributed by atoms with Gasteiger partial charge in [-0.3, -0.25) is 4.79 Å². The van der Waals surface area contributed by atoms with Gasteiger partial charge in [0, 0.05) is 9.35 Å². The van der Waals surface area contributed by atoms with Crippen molar-refractivity contribution in [3.8, 4) is 0 Å². The van der Waals surface area contributed by atoms with Crippen LogP contribution in [0.15, 0.2) is 22.1 Å². The topological polar surface area (TPSA) is 85.8 Å². The molecule has 0 aromatic carbocycles. The van der Waals surface area contributed by atoms with E-state index < -0.39 is 0 Å². The van der Waals surface area contributed by atoms with E-state index in [0.717, 1.165) is 4.47 Å². The number of aromatic nitrogens is 3. The van der Waals surface area contributed by atoms with Crippen LogP contribution in [-0.4, -0.2) is 27.4 Å². The monoisotopic (exact) mass is 329 g/mol. The molecule has 0 radical (unpaired) electrons. The van der Waals surface area contributed by atoms with Crippen molar-refractivity contribution < 1.29 is 4.79 Å². The molecule has 0 fully saturated rings. The molecule has 0 atom stereocenters. The maximum Gasteiger partial charge on any atom is 0.234 e.